The molecule has 0 spiro atoms. The van der Waals surface area contributed by atoms with Gasteiger partial charge in [0.25, 0.3) is 0 Å². The molecule has 0 aliphatic heterocycles. The molecule has 4 rings (SSSR count). The Balaban J connectivity index is 1.55. The minimum absolute atomic E-state index is 0.0789. The highest BCUT2D eigenvalue weighted by Gasteiger charge is 2.43. The fourth-order valence-corrected chi connectivity index (χ4v) is 4.73. The van der Waals surface area contributed by atoms with Crippen LogP contribution < -0.4 is 4.74 Å². The van der Waals surface area contributed by atoms with Crippen molar-refractivity contribution < 1.29 is 17.7 Å². The van der Waals surface area contributed by atoms with Crippen molar-refractivity contribution in [3.63, 3.8) is 0 Å². The zero-order chi connectivity index (χ0) is 20.5. The Morgan fingerprint density at radius 1 is 1.10 bits per heavy atom. The zero-order valence-corrected chi connectivity index (χ0v) is 17.4. The van der Waals surface area contributed by atoms with E-state index in [1.54, 1.807) is 18.2 Å². The zero-order valence-electron chi connectivity index (χ0n) is 16.6. The van der Waals surface area contributed by atoms with E-state index < -0.39 is 9.84 Å². The number of hydrogen-bond donors (Lipinski definition) is 0. The van der Waals surface area contributed by atoms with E-state index in [1.165, 1.54) is 18.9 Å². The fourth-order valence-electron chi connectivity index (χ4n) is 3.91. The van der Waals surface area contributed by atoms with Gasteiger partial charge in [-0.3, -0.25) is 0 Å². The molecule has 1 aromatic heterocycles. The molecule has 1 heterocycles. The molecule has 0 bridgehead atoms. The SMILES string of the molecule is COc1cc(Cc2noc(C3(Cc4ccccc4)CCC3)n2)ccc1S(C)(=O)=O. The molecule has 0 N–H and O–H groups in total. The van der Waals surface area contributed by atoms with Gasteiger partial charge in [0, 0.05) is 12.7 Å². The molecule has 7 heteroatoms. The van der Waals surface area contributed by atoms with E-state index in [-0.39, 0.29) is 10.3 Å². The summed E-state index contributed by atoms with van der Waals surface area (Å²) in [6, 6.07) is 15.4. The van der Waals surface area contributed by atoms with Crippen LogP contribution in [0.25, 0.3) is 0 Å². The van der Waals surface area contributed by atoms with Crippen molar-refractivity contribution >= 4 is 9.84 Å². The third-order valence-electron chi connectivity index (χ3n) is 5.61. The molecule has 1 saturated carbocycles. The number of hydrogen-bond acceptors (Lipinski definition) is 6. The summed E-state index contributed by atoms with van der Waals surface area (Å²) >= 11 is 0. The third-order valence-corrected chi connectivity index (χ3v) is 6.74. The molecule has 0 unspecified atom stereocenters. The largest absolute Gasteiger partial charge is 0.495 e. The summed E-state index contributed by atoms with van der Waals surface area (Å²) in [6.45, 7) is 0. The maximum absolute atomic E-state index is 11.9. The highest BCUT2D eigenvalue weighted by atomic mass is 32.2. The molecular formula is C22H24N2O4S. The Morgan fingerprint density at radius 2 is 1.86 bits per heavy atom. The van der Waals surface area contributed by atoms with Gasteiger partial charge >= 0.3 is 0 Å². The Morgan fingerprint density at radius 3 is 2.48 bits per heavy atom. The highest BCUT2D eigenvalue weighted by molar-refractivity contribution is 7.90. The van der Waals surface area contributed by atoms with Gasteiger partial charge in [-0.25, -0.2) is 8.42 Å². The fraction of sp³-hybridized carbons (Fsp3) is 0.364. The molecule has 2 aromatic carbocycles. The van der Waals surface area contributed by atoms with Gasteiger partial charge in [-0.05, 0) is 42.5 Å². The summed E-state index contributed by atoms with van der Waals surface area (Å²) in [6.07, 6.45) is 5.76. The van der Waals surface area contributed by atoms with Gasteiger partial charge in [-0.2, -0.15) is 4.98 Å². The first-order chi connectivity index (χ1) is 13.9. The van der Waals surface area contributed by atoms with Crippen LogP contribution in [0.4, 0.5) is 0 Å². The second kappa shape index (κ2) is 7.63. The Labute approximate surface area is 170 Å². The van der Waals surface area contributed by atoms with Crippen LogP contribution in [0.3, 0.4) is 0 Å². The monoisotopic (exact) mass is 412 g/mol. The van der Waals surface area contributed by atoms with Crippen molar-refractivity contribution in [3.8, 4) is 5.75 Å². The van der Waals surface area contributed by atoms with Crippen LogP contribution in [0.1, 0.15) is 42.1 Å². The van der Waals surface area contributed by atoms with Crippen LogP contribution in [0, 0.1) is 0 Å². The van der Waals surface area contributed by atoms with E-state index in [4.69, 9.17) is 9.26 Å². The summed E-state index contributed by atoms with van der Waals surface area (Å²) < 4.78 is 34.7. The quantitative estimate of drug-likeness (QED) is 0.588. The Bertz CT molecular complexity index is 1100. The van der Waals surface area contributed by atoms with Gasteiger partial charge in [0.05, 0.1) is 12.5 Å². The van der Waals surface area contributed by atoms with Crippen molar-refractivity contribution in [3.05, 3.63) is 71.4 Å². The maximum atomic E-state index is 11.9. The number of ether oxygens (including phenoxy) is 1. The second-order valence-corrected chi connectivity index (χ2v) is 9.73. The molecule has 1 aliphatic carbocycles. The lowest BCUT2D eigenvalue weighted by Crippen LogP contribution is -2.37. The number of aromatic nitrogens is 2. The van der Waals surface area contributed by atoms with Gasteiger partial charge in [0.1, 0.15) is 10.6 Å². The number of rotatable bonds is 7. The van der Waals surface area contributed by atoms with Gasteiger partial charge in [0.2, 0.25) is 5.89 Å². The van der Waals surface area contributed by atoms with Crippen LogP contribution in [0.15, 0.2) is 57.9 Å². The van der Waals surface area contributed by atoms with Crippen molar-refractivity contribution in [1.29, 1.82) is 0 Å². The molecule has 0 radical (unpaired) electrons. The summed E-state index contributed by atoms with van der Waals surface area (Å²) in [4.78, 5) is 4.86. The maximum Gasteiger partial charge on any atom is 0.233 e. The molecule has 1 aliphatic rings. The van der Waals surface area contributed by atoms with E-state index in [9.17, 15) is 8.42 Å². The first kappa shape index (κ1) is 19.6. The molecule has 6 nitrogen and oxygen atoms in total. The summed E-state index contributed by atoms with van der Waals surface area (Å²) in [5.74, 6) is 1.61. The molecule has 152 valence electrons. The van der Waals surface area contributed by atoms with E-state index in [0.29, 0.717) is 23.9 Å². The first-order valence-electron chi connectivity index (χ1n) is 9.64. The van der Waals surface area contributed by atoms with Crippen LogP contribution in [-0.4, -0.2) is 31.9 Å². The standard InChI is InChI=1S/C22H24N2O4S/c1-27-18-13-17(9-10-19(18)29(2,25)26)14-20-23-21(28-24-20)22(11-6-12-22)15-16-7-4-3-5-8-16/h3-5,7-10,13H,6,11-12,14-15H2,1-2H3. The first-order valence-corrected chi connectivity index (χ1v) is 11.5. The second-order valence-electron chi connectivity index (χ2n) is 7.75. The lowest BCUT2D eigenvalue weighted by atomic mass is 9.65. The molecule has 0 amide bonds. The van der Waals surface area contributed by atoms with Gasteiger partial charge in [-0.1, -0.05) is 48.0 Å². The van der Waals surface area contributed by atoms with Gasteiger partial charge < -0.3 is 9.26 Å². The topological polar surface area (TPSA) is 82.3 Å². The van der Waals surface area contributed by atoms with Crippen LogP contribution >= 0.6 is 0 Å². The van der Waals surface area contributed by atoms with Crippen LogP contribution in [-0.2, 0) is 28.1 Å². The van der Waals surface area contributed by atoms with Crippen LogP contribution in [0.2, 0.25) is 0 Å². The smallest absolute Gasteiger partial charge is 0.233 e. The lowest BCUT2D eigenvalue weighted by Gasteiger charge is -2.38. The molecule has 3 aromatic rings. The number of benzene rings is 2. The number of sulfone groups is 1. The number of nitrogens with zero attached hydrogens (tertiary/aromatic N) is 2. The van der Waals surface area contributed by atoms with Crippen molar-refractivity contribution in [2.45, 2.75) is 42.4 Å². The van der Waals surface area contributed by atoms with E-state index in [2.05, 4.69) is 34.4 Å². The molecule has 29 heavy (non-hydrogen) atoms. The summed E-state index contributed by atoms with van der Waals surface area (Å²) in [5, 5.41) is 4.18. The minimum atomic E-state index is -3.35. The van der Waals surface area contributed by atoms with Crippen molar-refractivity contribution in [2.24, 2.45) is 0 Å². The summed E-state index contributed by atoms with van der Waals surface area (Å²) in [5.41, 5.74) is 2.06. The highest BCUT2D eigenvalue weighted by Crippen LogP contribution is 2.45. The van der Waals surface area contributed by atoms with E-state index >= 15 is 0 Å². The average Bonchev–Trinajstić information content (AvgIpc) is 3.13. The van der Waals surface area contributed by atoms with Crippen molar-refractivity contribution in [2.75, 3.05) is 13.4 Å². The predicted molar refractivity (Wildman–Crippen MR) is 109 cm³/mol. The minimum Gasteiger partial charge on any atom is -0.495 e. The van der Waals surface area contributed by atoms with E-state index in [1.807, 2.05) is 6.07 Å². The molecule has 0 saturated heterocycles. The molecule has 0 atom stereocenters. The lowest BCUT2D eigenvalue weighted by molar-refractivity contribution is 0.173. The summed E-state index contributed by atoms with van der Waals surface area (Å²) in [7, 11) is -1.89. The third kappa shape index (κ3) is 4.05. The predicted octanol–water partition coefficient (Wildman–Crippen LogP) is 3.74. The van der Waals surface area contributed by atoms with Gasteiger partial charge in [0.15, 0.2) is 15.7 Å². The average molecular weight is 413 g/mol. The number of methoxy groups -OCH3 is 1. The van der Waals surface area contributed by atoms with E-state index in [0.717, 1.165) is 31.2 Å². The molecular weight excluding hydrogens is 388 g/mol. The van der Waals surface area contributed by atoms with Crippen molar-refractivity contribution in [1.82, 2.24) is 10.1 Å². The molecule has 1 fully saturated rings. The Kier molecular flexibility index (Phi) is 5.17. The Hall–Kier alpha value is -2.67. The normalized spacial score (nSPS) is 15.7. The van der Waals surface area contributed by atoms with Gasteiger partial charge in [-0.15, -0.1) is 0 Å². The van der Waals surface area contributed by atoms with Crippen LogP contribution in [0.5, 0.6) is 5.75 Å².